The maximum Gasteiger partial charge on any atom is 0.0413 e. The molecule has 0 heterocycles. The van der Waals surface area contributed by atoms with E-state index in [0.717, 1.165) is 0 Å². The lowest BCUT2D eigenvalue weighted by atomic mass is 9.68. The van der Waals surface area contributed by atoms with Gasteiger partial charge in [0.1, 0.15) is 0 Å². The standard InChI is InChI=1S/C30H35N/c1-23-11-13-24(14-12-23)25-15-17-28(18-16-25)31(27-9-4-3-5-10-27)29-19-21-30(2)20-7-6-8-26(30)22-29/h3-6,8-14,19,21-22,25-26,28H,7,15-18,20H2,1-2H3. The molecule has 0 spiro atoms. The molecule has 2 unspecified atom stereocenters. The number of benzene rings is 2. The van der Waals surface area contributed by atoms with Crippen LogP contribution in [0.3, 0.4) is 0 Å². The Balaban J connectivity index is 1.40. The molecule has 1 saturated carbocycles. The van der Waals surface area contributed by atoms with Crippen LogP contribution in [0.5, 0.6) is 0 Å². The van der Waals surface area contributed by atoms with Crippen molar-refractivity contribution >= 4 is 5.69 Å². The van der Waals surface area contributed by atoms with Gasteiger partial charge in [0.15, 0.2) is 0 Å². The molecule has 1 nitrogen and oxygen atoms in total. The summed E-state index contributed by atoms with van der Waals surface area (Å²) in [7, 11) is 0. The summed E-state index contributed by atoms with van der Waals surface area (Å²) in [6.07, 6.45) is 19.7. The van der Waals surface area contributed by atoms with E-state index in [0.29, 0.717) is 17.9 Å². The Labute approximate surface area is 188 Å². The smallest absolute Gasteiger partial charge is 0.0413 e. The summed E-state index contributed by atoms with van der Waals surface area (Å²) in [4.78, 5) is 2.64. The van der Waals surface area contributed by atoms with Gasteiger partial charge in [-0.1, -0.05) is 79.3 Å². The minimum absolute atomic E-state index is 0.281. The lowest BCUT2D eigenvalue weighted by Gasteiger charge is -2.43. The molecular weight excluding hydrogens is 374 g/mol. The Hall–Kier alpha value is -2.54. The Morgan fingerprint density at radius 1 is 0.903 bits per heavy atom. The topological polar surface area (TPSA) is 3.24 Å². The summed E-state index contributed by atoms with van der Waals surface area (Å²) in [5.74, 6) is 1.21. The number of fused-ring (bicyclic) bond motifs is 1. The second kappa shape index (κ2) is 8.54. The predicted molar refractivity (Wildman–Crippen MR) is 132 cm³/mol. The van der Waals surface area contributed by atoms with Gasteiger partial charge in [0.2, 0.25) is 0 Å². The first kappa shape index (κ1) is 20.4. The Morgan fingerprint density at radius 3 is 2.39 bits per heavy atom. The van der Waals surface area contributed by atoms with Crippen molar-refractivity contribution in [2.24, 2.45) is 11.3 Å². The number of hydrogen-bond donors (Lipinski definition) is 0. The monoisotopic (exact) mass is 409 g/mol. The van der Waals surface area contributed by atoms with Crippen LogP contribution in [0.25, 0.3) is 0 Å². The van der Waals surface area contributed by atoms with E-state index in [1.807, 2.05) is 0 Å². The van der Waals surface area contributed by atoms with Gasteiger partial charge in [-0.3, -0.25) is 0 Å². The summed E-state index contributed by atoms with van der Waals surface area (Å²) in [6.45, 7) is 4.60. The number of para-hydroxylation sites is 1. The molecule has 3 aliphatic rings. The van der Waals surface area contributed by atoms with Crippen molar-refractivity contribution in [3.63, 3.8) is 0 Å². The quantitative estimate of drug-likeness (QED) is 0.463. The molecule has 0 amide bonds. The van der Waals surface area contributed by atoms with Gasteiger partial charge < -0.3 is 4.90 Å². The van der Waals surface area contributed by atoms with E-state index in [9.17, 15) is 0 Å². The average Bonchev–Trinajstić information content (AvgIpc) is 2.81. The maximum absolute atomic E-state index is 2.64. The van der Waals surface area contributed by atoms with E-state index in [1.54, 1.807) is 0 Å². The van der Waals surface area contributed by atoms with Crippen LogP contribution in [0.15, 0.2) is 90.7 Å². The van der Waals surface area contributed by atoms with E-state index in [2.05, 4.69) is 104 Å². The van der Waals surface area contributed by atoms with Crippen LogP contribution in [0.4, 0.5) is 5.69 Å². The molecule has 1 heteroatoms. The van der Waals surface area contributed by atoms with Gasteiger partial charge in [-0.05, 0) is 80.6 Å². The van der Waals surface area contributed by atoms with Crippen LogP contribution in [0.2, 0.25) is 0 Å². The second-order valence-electron chi connectivity index (χ2n) is 10.0. The van der Waals surface area contributed by atoms with Gasteiger partial charge >= 0.3 is 0 Å². The number of nitrogens with zero attached hydrogens (tertiary/aromatic N) is 1. The van der Waals surface area contributed by atoms with Crippen molar-refractivity contribution in [2.75, 3.05) is 4.90 Å². The molecule has 31 heavy (non-hydrogen) atoms. The van der Waals surface area contributed by atoms with E-state index >= 15 is 0 Å². The molecule has 0 bridgehead atoms. The van der Waals surface area contributed by atoms with Gasteiger partial charge in [0.05, 0.1) is 0 Å². The van der Waals surface area contributed by atoms with E-state index in [1.165, 1.54) is 61.0 Å². The molecule has 0 N–H and O–H groups in total. The van der Waals surface area contributed by atoms with Gasteiger partial charge in [-0.25, -0.2) is 0 Å². The van der Waals surface area contributed by atoms with Crippen molar-refractivity contribution < 1.29 is 0 Å². The van der Waals surface area contributed by atoms with Gasteiger partial charge in [-0.15, -0.1) is 0 Å². The number of anilines is 1. The van der Waals surface area contributed by atoms with Crippen molar-refractivity contribution in [3.8, 4) is 0 Å². The lowest BCUT2D eigenvalue weighted by Crippen LogP contribution is -2.39. The second-order valence-corrected chi connectivity index (χ2v) is 10.0. The van der Waals surface area contributed by atoms with Crippen LogP contribution >= 0.6 is 0 Å². The van der Waals surface area contributed by atoms with Crippen molar-refractivity contribution in [1.29, 1.82) is 0 Å². The zero-order chi connectivity index (χ0) is 21.3. The molecule has 5 rings (SSSR count). The summed E-state index contributed by atoms with van der Waals surface area (Å²) >= 11 is 0. The van der Waals surface area contributed by atoms with Crippen molar-refractivity contribution in [1.82, 2.24) is 0 Å². The van der Waals surface area contributed by atoms with Gasteiger partial charge in [0.25, 0.3) is 0 Å². The van der Waals surface area contributed by atoms with Crippen molar-refractivity contribution in [3.05, 3.63) is 102 Å². The molecule has 0 radical (unpaired) electrons. The number of hydrogen-bond acceptors (Lipinski definition) is 1. The third-order valence-electron chi connectivity index (χ3n) is 7.86. The van der Waals surface area contributed by atoms with Gasteiger partial charge in [0, 0.05) is 23.3 Å². The zero-order valence-electron chi connectivity index (χ0n) is 19.0. The molecular formula is C30H35N. The highest BCUT2D eigenvalue weighted by Gasteiger charge is 2.35. The third-order valence-corrected chi connectivity index (χ3v) is 7.86. The minimum atomic E-state index is 0.281. The number of allylic oxidation sites excluding steroid dienone is 5. The molecule has 160 valence electrons. The molecule has 2 atom stereocenters. The molecule has 0 saturated heterocycles. The molecule has 1 fully saturated rings. The largest absolute Gasteiger partial charge is 0.339 e. The normalized spacial score (nSPS) is 29.9. The Bertz CT molecular complexity index is 973. The highest BCUT2D eigenvalue weighted by molar-refractivity contribution is 5.57. The Kier molecular flexibility index (Phi) is 5.61. The first-order valence-corrected chi connectivity index (χ1v) is 12.1. The fraction of sp³-hybridized carbons (Fsp3) is 0.400. The van der Waals surface area contributed by atoms with Crippen LogP contribution in [-0.2, 0) is 0 Å². The highest BCUT2D eigenvalue weighted by Crippen LogP contribution is 2.45. The molecule has 2 aromatic carbocycles. The highest BCUT2D eigenvalue weighted by atomic mass is 15.2. The van der Waals surface area contributed by atoms with Crippen LogP contribution < -0.4 is 4.90 Å². The Morgan fingerprint density at radius 2 is 1.65 bits per heavy atom. The van der Waals surface area contributed by atoms with E-state index in [4.69, 9.17) is 0 Å². The molecule has 2 aromatic rings. The first-order chi connectivity index (χ1) is 15.1. The fourth-order valence-electron chi connectivity index (χ4n) is 5.81. The third kappa shape index (κ3) is 4.15. The molecule has 3 aliphatic carbocycles. The summed E-state index contributed by atoms with van der Waals surface area (Å²) in [5, 5.41) is 0. The van der Waals surface area contributed by atoms with E-state index in [-0.39, 0.29) is 5.41 Å². The van der Waals surface area contributed by atoms with Crippen LogP contribution in [0, 0.1) is 18.3 Å². The SMILES string of the molecule is Cc1ccc(C2CCC(N(C3=CC4C=CCCC4(C)C=C3)c3ccccc3)CC2)cc1. The van der Waals surface area contributed by atoms with E-state index < -0.39 is 0 Å². The fourth-order valence-corrected chi connectivity index (χ4v) is 5.81. The lowest BCUT2D eigenvalue weighted by molar-refractivity contribution is 0.311. The average molecular weight is 410 g/mol. The number of aryl methyl sites for hydroxylation is 1. The zero-order valence-corrected chi connectivity index (χ0v) is 19.0. The van der Waals surface area contributed by atoms with Crippen LogP contribution in [0.1, 0.15) is 62.5 Å². The molecule has 0 aliphatic heterocycles. The molecule has 0 aromatic heterocycles. The van der Waals surface area contributed by atoms with Gasteiger partial charge in [-0.2, -0.15) is 0 Å². The minimum Gasteiger partial charge on any atom is -0.339 e. The summed E-state index contributed by atoms with van der Waals surface area (Å²) in [5.41, 5.74) is 5.88. The van der Waals surface area contributed by atoms with Crippen molar-refractivity contribution in [2.45, 2.75) is 64.3 Å². The van der Waals surface area contributed by atoms with Crippen LogP contribution in [-0.4, -0.2) is 6.04 Å². The predicted octanol–water partition coefficient (Wildman–Crippen LogP) is 7.95. The summed E-state index contributed by atoms with van der Waals surface area (Å²) < 4.78 is 0. The maximum atomic E-state index is 2.64. The number of rotatable bonds is 4. The first-order valence-electron chi connectivity index (χ1n) is 12.1. The summed E-state index contributed by atoms with van der Waals surface area (Å²) in [6, 6.07) is 20.8.